The molecule has 2 aromatic carbocycles. The Morgan fingerprint density at radius 1 is 1.06 bits per heavy atom. The average molecular weight is 432 g/mol. The molecule has 1 aliphatic carbocycles. The Hall–Kier alpha value is -4.13. The Bertz CT molecular complexity index is 1300. The number of rotatable bonds is 4. The first-order chi connectivity index (χ1) is 15.1. The van der Waals surface area contributed by atoms with E-state index in [9.17, 15) is 29.7 Å². The van der Waals surface area contributed by atoms with Gasteiger partial charge in [-0.2, -0.15) is 0 Å². The summed E-state index contributed by atoms with van der Waals surface area (Å²) >= 11 is 0. The number of aliphatic hydroxyl groups is 1. The molecule has 7 nitrogen and oxygen atoms in total. The van der Waals surface area contributed by atoms with Gasteiger partial charge < -0.3 is 20.1 Å². The highest BCUT2D eigenvalue weighted by molar-refractivity contribution is 6.26. The molecule has 2 aliphatic rings. The lowest BCUT2D eigenvalue weighted by Crippen LogP contribution is -2.38. The van der Waals surface area contributed by atoms with Crippen molar-refractivity contribution in [3.8, 4) is 17.2 Å². The number of ketones is 3. The molecular formula is C25H20O7. The van der Waals surface area contributed by atoms with Crippen molar-refractivity contribution in [1.29, 1.82) is 0 Å². The lowest BCUT2D eigenvalue weighted by Gasteiger charge is -2.28. The van der Waals surface area contributed by atoms with Crippen molar-refractivity contribution in [2.45, 2.75) is 26.2 Å². The van der Waals surface area contributed by atoms with Crippen LogP contribution in [0.2, 0.25) is 0 Å². The number of phenolic OH excluding ortho intramolecular Hbond substituents is 2. The monoisotopic (exact) mass is 432 g/mol. The molecule has 32 heavy (non-hydrogen) atoms. The molecule has 0 amide bonds. The van der Waals surface area contributed by atoms with Crippen LogP contribution in [-0.4, -0.2) is 32.7 Å². The van der Waals surface area contributed by atoms with Gasteiger partial charge in [-0.1, -0.05) is 36.4 Å². The van der Waals surface area contributed by atoms with E-state index in [1.54, 1.807) is 18.2 Å². The van der Waals surface area contributed by atoms with Crippen LogP contribution in [0.15, 0.2) is 59.6 Å². The van der Waals surface area contributed by atoms with Gasteiger partial charge >= 0.3 is 0 Å². The standard InChI is InChI=1S/C25H20O7/c1-12-21(29)19(15(27)10-9-14-7-5-4-6-8-14)23-20(22(12)30)25(3)17(32-23)11-16(28)18(13(2)26)24(25)31/h4-11,28-30H,1-3H3/b10-9+/t25-/m1/s1. The third kappa shape index (κ3) is 2.85. The maximum Gasteiger partial charge on any atom is 0.193 e. The first-order valence-electron chi connectivity index (χ1n) is 9.84. The van der Waals surface area contributed by atoms with Gasteiger partial charge in [-0.05, 0) is 32.4 Å². The Morgan fingerprint density at radius 2 is 1.72 bits per heavy atom. The highest BCUT2D eigenvalue weighted by atomic mass is 16.5. The third-order valence-electron chi connectivity index (χ3n) is 5.87. The number of aromatic hydroxyl groups is 2. The van der Waals surface area contributed by atoms with Crippen LogP contribution < -0.4 is 4.74 Å². The maximum absolute atomic E-state index is 13.3. The molecule has 0 aromatic heterocycles. The third-order valence-corrected chi connectivity index (χ3v) is 5.87. The Kier molecular flexibility index (Phi) is 4.77. The van der Waals surface area contributed by atoms with E-state index in [4.69, 9.17) is 4.74 Å². The lowest BCUT2D eigenvalue weighted by atomic mass is 9.71. The predicted octanol–water partition coefficient (Wildman–Crippen LogP) is 3.82. The average Bonchev–Trinajstić information content (AvgIpc) is 3.04. The van der Waals surface area contributed by atoms with Gasteiger partial charge in [0.25, 0.3) is 0 Å². The van der Waals surface area contributed by atoms with E-state index in [-0.39, 0.29) is 28.2 Å². The van der Waals surface area contributed by atoms with Crippen LogP contribution in [-0.2, 0) is 15.0 Å². The number of phenols is 2. The van der Waals surface area contributed by atoms with Crippen molar-refractivity contribution in [1.82, 2.24) is 0 Å². The lowest BCUT2D eigenvalue weighted by molar-refractivity contribution is -0.123. The van der Waals surface area contributed by atoms with E-state index in [2.05, 4.69) is 0 Å². The molecule has 0 radical (unpaired) electrons. The number of ether oxygens (including phenoxy) is 1. The number of carbonyl (C=O) groups excluding carboxylic acids is 3. The van der Waals surface area contributed by atoms with Crippen LogP contribution in [0, 0.1) is 6.92 Å². The van der Waals surface area contributed by atoms with E-state index >= 15 is 0 Å². The molecule has 0 fully saturated rings. The van der Waals surface area contributed by atoms with Crippen molar-refractivity contribution in [2.75, 3.05) is 0 Å². The zero-order valence-electron chi connectivity index (χ0n) is 17.6. The Labute approximate surface area is 183 Å². The van der Waals surface area contributed by atoms with Gasteiger partial charge in [0.05, 0.1) is 5.56 Å². The summed E-state index contributed by atoms with van der Waals surface area (Å²) in [6.07, 6.45) is 3.94. The first-order valence-corrected chi connectivity index (χ1v) is 9.84. The van der Waals surface area contributed by atoms with Gasteiger partial charge in [-0.3, -0.25) is 14.4 Å². The normalized spacial score (nSPS) is 19.5. The smallest absolute Gasteiger partial charge is 0.193 e. The number of Topliss-reactive ketones (excluding diaryl/α,β-unsaturated/α-hetero) is 2. The number of hydrogen-bond acceptors (Lipinski definition) is 7. The van der Waals surface area contributed by atoms with E-state index in [1.807, 2.05) is 18.2 Å². The molecule has 2 aromatic rings. The van der Waals surface area contributed by atoms with E-state index in [0.29, 0.717) is 0 Å². The zero-order chi connectivity index (χ0) is 23.4. The van der Waals surface area contributed by atoms with Crippen LogP contribution in [0.3, 0.4) is 0 Å². The highest BCUT2D eigenvalue weighted by Gasteiger charge is 2.55. The second-order valence-corrected chi connectivity index (χ2v) is 7.89. The highest BCUT2D eigenvalue weighted by Crippen LogP contribution is 2.57. The van der Waals surface area contributed by atoms with E-state index in [0.717, 1.165) is 18.6 Å². The van der Waals surface area contributed by atoms with Crippen molar-refractivity contribution < 1.29 is 34.4 Å². The summed E-state index contributed by atoms with van der Waals surface area (Å²) in [6, 6.07) is 9.04. The molecule has 0 saturated heterocycles. The molecular weight excluding hydrogens is 412 g/mol. The van der Waals surface area contributed by atoms with Gasteiger partial charge in [0.2, 0.25) is 0 Å². The minimum Gasteiger partial charge on any atom is -0.507 e. The Morgan fingerprint density at radius 3 is 2.34 bits per heavy atom. The van der Waals surface area contributed by atoms with Gasteiger partial charge in [0.15, 0.2) is 17.3 Å². The summed E-state index contributed by atoms with van der Waals surface area (Å²) in [5.74, 6) is -3.72. The minimum absolute atomic E-state index is 0.0118. The van der Waals surface area contributed by atoms with E-state index in [1.165, 1.54) is 19.9 Å². The SMILES string of the molecule is CC(=O)C1=C(O)C=C2Oc3c(C(=O)/C=C/c4ccccc4)c(O)c(C)c(O)c3[C@]2(C)C1=O. The summed E-state index contributed by atoms with van der Waals surface area (Å²) in [5, 5.41) is 31.7. The van der Waals surface area contributed by atoms with Gasteiger partial charge in [0, 0.05) is 11.6 Å². The fourth-order valence-corrected chi connectivity index (χ4v) is 4.08. The molecule has 1 atom stereocenters. The van der Waals surface area contributed by atoms with Crippen molar-refractivity contribution >= 4 is 23.4 Å². The van der Waals surface area contributed by atoms with Gasteiger partial charge in [-0.15, -0.1) is 0 Å². The van der Waals surface area contributed by atoms with Crippen molar-refractivity contribution in [3.63, 3.8) is 0 Å². The number of benzene rings is 2. The fraction of sp³-hybridized carbons (Fsp3) is 0.160. The van der Waals surface area contributed by atoms with Crippen LogP contribution in [0.5, 0.6) is 17.2 Å². The molecule has 0 bridgehead atoms. The second kappa shape index (κ2) is 7.23. The van der Waals surface area contributed by atoms with Crippen molar-refractivity contribution in [2.24, 2.45) is 0 Å². The summed E-state index contributed by atoms with van der Waals surface area (Å²) in [5.41, 5.74) is -1.59. The van der Waals surface area contributed by atoms with Gasteiger partial charge in [0.1, 0.15) is 45.3 Å². The number of fused-ring (bicyclic) bond motifs is 3. The fourth-order valence-electron chi connectivity index (χ4n) is 4.08. The van der Waals surface area contributed by atoms with Crippen molar-refractivity contribution in [3.05, 3.63) is 81.8 Å². The number of hydrogen-bond donors (Lipinski definition) is 3. The Balaban J connectivity index is 1.91. The molecule has 0 spiro atoms. The molecule has 4 rings (SSSR count). The molecule has 0 unspecified atom stereocenters. The van der Waals surface area contributed by atoms with Crippen LogP contribution in [0.4, 0.5) is 0 Å². The molecule has 1 heterocycles. The molecule has 162 valence electrons. The zero-order valence-corrected chi connectivity index (χ0v) is 17.6. The predicted molar refractivity (Wildman–Crippen MR) is 116 cm³/mol. The molecule has 7 heteroatoms. The first kappa shape index (κ1) is 21.1. The summed E-state index contributed by atoms with van der Waals surface area (Å²) < 4.78 is 5.76. The second-order valence-electron chi connectivity index (χ2n) is 7.89. The van der Waals surface area contributed by atoms with Gasteiger partial charge in [-0.25, -0.2) is 0 Å². The topological polar surface area (TPSA) is 121 Å². The molecule has 3 N–H and O–H groups in total. The van der Waals surface area contributed by atoms with Crippen LogP contribution in [0.25, 0.3) is 6.08 Å². The molecule has 0 saturated carbocycles. The largest absolute Gasteiger partial charge is 0.507 e. The number of aliphatic hydroxyl groups excluding tert-OH is 1. The summed E-state index contributed by atoms with van der Waals surface area (Å²) in [6.45, 7) is 3.99. The molecule has 1 aliphatic heterocycles. The maximum atomic E-state index is 13.3. The number of allylic oxidation sites excluding steroid dienone is 4. The van der Waals surface area contributed by atoms with Crippen LogP contribution in [0.1, 0.15) is 40.9 Å². The quantitative estimate of drug-likeness (QED) is 0.381. The number of carbonyl (C=O) groups is 3. The summed E-state index contributed by atoms with van der Waals surface area (Å²) in [4.78, 5) is 38.3. The van der Waals surface area contributed by atoms with Crippen LogP contribution >= 0.6 is 0 Å². The minimum atomic E-state index is -1.65. The summed E-state index contributed by atoms with van der Waals surface area (Å²) in [7, 11) is 0. The van der Waals surface area contributed by atoms with E-state index < -0.39 is 45.6 Å².